The molecule has 1 unspecified atom stereocenters. The number of aliphatic hydroxyl groups excluding tert-OH is 2. The number of rotatable bonds is 3. The Morgan fingerprint density at radius 3 is 2.88 bits per heavy atom. The highest BCUT2D eigenvalue weighted by Crippen LogP contribution is 2.29. The third-order valence-corrected chi connectivity index (χ3v) is 3.58. The monoisotopic (exact) mass is 301 g/mol. The molecule has 1 fully saturated rings. The molecule has 0 amide bonds. The van der Waals surface area contributed by atoms with Crippen molar-refractivity contribution in [2.45, 2.75) is 12.6 Å². The van der Waals surface area contributed by atoms with Crippen LogP contribution >= 0.6 is 15.9 Å². The van der Waals surface area contributed by atoms with Crippen molar-refractivity contribution in [3.8, 4) is 0 Å². The molecule has 1 aromatic carbocycles. The minimum Gasteiger partial charge on any atom is -0.394 e. The van der Waals surface area contributed by atoms with Crippen LogP contribution in [0.5, 0.6) is 0 Å². The predicted octanol–water partition coefficient (Wildman–Crippen LogP) is 1.14. The Morgan fingerprint density at radius 1 is 1.41 bits per heavy atom. The fourth-order valence-corrected chi connectivity index (χ4v) is 2.66. The molecule has 2 rings (SSSR count). The Labute approximate surface area is 109 Å². The van der Waals surface area contributed by atoms with Crippen LogP contribution < -0.4 is 4.90 Å². The van der Waals surface area contributed by atoms with E-state index in [1.807, 2.05) is 18.2 Å². The van der Waals surface area contributed by atoms with E-state index in [-0.39, 0.29) is 19.3 Å². The van der Waals surface area contributed by atoms with E-state index in [9.17, 15) is 5.11 Å². The zero-order valence-corrected chi connectivity index (χ0v) is 11.1. The second-order valence-electron chi connectivity index (χ2n) is 4.05. The lowest BCUT2D eigenvalue weighted by atomic mass is 10.1. The molecule has 5 heteroatoms. The van der Waals surface area contributed by atoms with Gasteiger partial charge in [-0.15, -0.1) is 0 Å². The van der Waals surface area contributed by atoms with Crippen LogP contribution in [0.15, 0.2) is 22.7 Å². The average molecular weight is 302 g/mol. The van der Waals surface area contributed by atoms with Crippen molar-refractivity contribution in [3.63, 3.8) is 0 Å². The van der Waals surface area contributed by atoms with Gasteiger partial charge in [0, 0.05) is 11.0 Å². The van der Waals surface area contributed by atoms with Gasteiger partial charge in [0.25, 0.3) is 0 Å². The molecule has 1 aliphatic heterocycles. The standard InChI is InChI=1S/C12H16BrNO3/c13-11-5-9(6-15)1-2-12(11)14-3-4-17-8-10(14)7-16/h1-2,5,10,15-16H,3-4,6-8H2. The topological polar surface area (TPSA) is 52.9 Å². The molecule has 0 radical (unpaired) electrons. The summed E-state index contributed by atoms with van der Waals surface area (Å²) in [6, 6.07) is 5.76. The van der Waals surface area contributed by atoms with Crippen LogP contribution in [0, 0.1) is 0 Å². The summed E-state index contributed by atoms with van der Waals surface area (Å²) in [7, 11) is 0. The molecule has 0 bridgehead atoms. The zero-order valence-electron chi connectivity index (χ0n) is 9.47. The van der Waals surface area contributed by atoms with E-state index in [1.54, 1.807) is 0 Å². The van der Waals surface area contributed by atoms with Gasteiger partial charge >= 0.3 is 0 Å². The summed E-state index contributed by atoms with van der Waals surface area (Å²) < 4.78 is 6.29. The fourth-order valence-electron chi connectivity index (χ4n) is 2.00. The van der Waals surface area contributed by atoms with Gasteiger partial charge in [0.15, 0.2) is 0 Å². The van der Waals surface area contributed by atoms with Crippen molar-refractivity contribution in [2.24, 2.45) is 0 Å². The van der Waals surface area contributed by atoms with Crippen LogP contribution in [0.4, 0.5) is 5.69 Å². The summed E-state index contributed by atoms with van der Waals surface area (Å²) in [5, 5.41) is 18.4. The van der Waals surface area contributed by atoms with E-state index < -0.39 is 0 Å². The number of hydrogen-bond acceptors (Lipinski definition) is 4. The number of benzene rings is 1. The number of ether oxygens (including phenoxy) is 1. The summed E-state index contributed by atoms with van der Waals surface area (Å²) in [6.07, 6.45) is 0. The highest BCUT2D eigenvalue weighted by atomic mass is 79.9. The van der Waals surface area contributed by atoms with Crippen LogP contribution in [-0.4, -0.2) is 42.6 Å². The van der Waals surface area contributed by atoms with E-state index in [1.165, 1.54) is 0 Å². The average Bonchev–Trinajstić information content (AvgIpc) is 2.38. The van der Waals surface area contributed by atoms with Crippen molar-refractivity contribution in [1.29, 1.82) is 0 Å². The minimum atomic E-state index is 0.0000246. The van der Waals surface area contributed by atoms with Crippen LogP contribution in [-0.2, 0) is 11.3 Å². The summed E-state index contributed by atoms with van der Waals surface area (Å²) >= 11 is 3.50. The Hall–Kier alpha value is -0.620. The van der Waals surface area contributed by atoms with E-state index in [0.29, 0.717) is 13.2 Å². The van der Waals surface area contributed by atoms with Crippen molar-refractivity contribution >= 4 is 21.6 Å². The molecule has 0 spiro atoms. The smallest absolute Gasteiger partial charge is 0.0755 e. The van der Waals surface area contributed by atoms with Crippen molar-refractivity contribution < 1.29 is 14.9 Å². The van der Waals surface area contributed by atoms with Gasteiger partial charge in [-0.1, -0.05) is 6.07 Å². The van der Waals surface area contributed by atoms with E-state index >= 15 is 0 Å². The number of nitrogens with zero attached hydrogens (tertiary/aromatic N) is 1. The van der Waals surface area contributed by atoms with Gasteiger partial charge in [-0.3, -0.25) is 0 Å². The van der Waals surface area contributed by atoms with Gasteiger partial charge in [-0.2, -0.15) is 0 Å². The van der Waals surface area contributed by atoms with Gasteiger partial charge < -0.3 is 19.8 Å². The molecule has 1 aromatic rings. The Bertz CT molecular complexity index is 386. The van der Waals surface area contributed by atoms with Crippen molar-refractivity contribution in [2.75, 3.05) is 31.3 Å². The molecular weight excluding hydrogens is 286 g/mol. The maximum atomic E-state index is 9.34. The second kappa shape index (κ2) is 5.82. The Balaban J connectivity index is 2.25. The second-order valence-corrected chi connectivity index (χ2v) is 4.90. The van der Waals surface area contributed by atoms with Crippen LogP contribution in [0.3, 0.4) is 0 Å². The van der Waals surface area contributed by atoms with Gasteiger partial charge in [-0.05, 0) is 33.6 Å². The van der Waals surface area contributed by atoms with Crippen LogP contribution in [0.25, 0.3) is 0 Å². The molecule has 0 aliphatic carbocycles. The number of aliphatic hydroxyl groups is 2. The Kier molecular flexibility index (Phi) is 4.39. The maximum Gasteiger partial charge on any atom is 0.0755 e. The number of hydrogen-bond donors (Lipinski definition) is 2. The molecule has 1 aliphatic rings. The maximum absolute atomic E-state index is 9.34. The normalized spacial score (nSPS) is 20.6. The third-order valence-electron chi connectivity index (χ3n) is 2.94. The lowest BCUT2D eigenvalue weighted by molar-refractivity contribution is 0.0726. The molecule has 17 heavy (non-hydrogen) atoms. The first kappa shape index (κ1) is 12.8. The SMILES string of the molecule is OCc1ccc(N2CCOCC2CO)c(Br)c1. The zero-order chi connectivity index (χ0) is 12.3. The molecule has 0 saturated carbocycles. The van der Waals surface area contributed by atoms with Crippen molar-refractivity contribution in [1.82, 2.24) is 0 Å². The van der Waals surface area contributed by atoms with E-state index in [2.05, 4.69) is 20.8 Å². The highest BCUT2D eigenvalue weighted by molar-refractivity contribution is 9.10. The molecule has 0 aromatic heterocycles. The quantitative estimate of drug-likeness (QED) is 0.879. The molecule has 1 atom stereocenters. The fraction of sp³-hybridized carbons (Fsp3) is 0.500. The number of morpholine rings is 1. The van der Waals surface area contributed by atoms with E-state index in [4.69, 9.17) is 9.84 Å². The van der Waals surface area contributed by atoms with Gasteiger partial charge in [0.05, 0.1) is 38.2 Å². The summed E-state index contributed by atoms with van der Waals surface area (Å²) in [5.74, 6) is 0. The largest absolute Gasteiger partial charge is 0.394 e. The predicted molar refractivity (Wildman–Crippen MR) is 69.1 cm³/mol. The molecular formula is C12H16BrNO3. The highest BCUT2D eigenvalue weighted by Gasteiger charge is 2.23. The molecule has 2 N–H and O–H groups in total. The van der Waals surface area contributed by atoms with Crippen LogP contribution in [0.2, 0.25) is 0 Å². The van der Waals surface area contributed by atoms with Crippen molar-refractivity contribution in [3.05, 3.63) is 28.2 Å². The lowest BCUT2D eigenvalue weighted by Gasteiger charge is -2.37. The molecule has 4 nitrogen and oxygen atoms in total. The van der Waals surface area contributed by atoms with Crippen LogP contribution in [0.1, 0.15) is 5.56 Å². The molecule has 1 heterocycles. The van der Waals surface area contributed by atoms with E-state index in [0.717, 1.165) is 22.3 Å². The number of halogens is 1. The number of anilines is 1. The molecule has 1 saturated heterocycles. The Morgan fingerprint density at radius 2 is 2.24 bits per heavy atom. The summed E-state index contributed by atoms with van der Waals surface area (Å²) in [5.41, 5.74) is 1.90. The minimum absolute atomic E-state index is 0.0000246. The first-order valence-corrected chi connectivity index (χ1v) is 6.40. The van der Waals surface area contributed by atoms with Gasteiger partial charge in [0.1, 0.15) is 0 Å². The van der Waals surface area contributed by atoms with Gasteiger partial charge in [-0.25, -0.2) is 0 Å². The molecule has 94 valence electrons. The first-order valence-electron chi connectivity index (χ1n) is 5.60. The van der Waals surface area contributed by atoms with Gasteiger partial charge in [0.2, 0.25) is 0 Å². The lowest BCUT2D eigenvalue weighted by Crippen LogP contribution is -2.47. The summed E-state index contributed by atoms with van der Waals surface area (Å²) in [4.78, 5) is 2.13. The first-order chi connectivity index (χ1) is 8.26. The third kappa shape index (κ3) is 2.80. The summed E-state index contributed by atoms with van der Waals surface area (Å²) in [6.45, 7) is 2.09.